The third kappa shape index (κ3) is 2.31. The zero-order valence-electron chi connectivity index (χ0n) is 9.00. The molecule has 2 aromatic carbocycles. The van der Waals surface area contributed by atoms with E-state index in [2.05, 4.69) is 5.32 Å². The molecule has 2 aromatic rings. The van der Waals surface area contributed by atoms with E-state index in [9.17, 15) is 4.39 Å². The Morgan fingerprint density at radius 3 is 2.25 bits per heavy atom. The Hall–Kier alpha value is -2.03. The van der Waals surface area contributed by atoms with Gasteiger partial charge in [0.1, 0.15) is 5.82 Å². The third-order valence-corrected chi connectivity index (χ3v) is 2.36. The van der Waals surface area contributed by atoms with E-state index in [1.54, 1.807) is 19.1 Å². The number of nitrogen functional groups attached to an aromatic ring is 1. The lowest BCUT2D eigenvalue weighted by molar-refractivity contribution is 0.619. The summed E-state index contributed by atoms with van der Waals surface area (Å²) in [6.45, 7) is 1.74. The summed E-state index contributed by atoms with van der Waals surface area (Å²) in [5.74, 6) is -0.192. The van der Waals surface area contributed by atoms with Gasteiger partial charge in [0.05, 0.1) is 0 Å². The average Bonchev–Trinajstić information content (AvgIpc) is 2.27. The van der Waals surface area contributed by atoms with Crippen LogP contribution in [0.2, 0.25) is 0 Å². The average molecular weight is 216 g/mol. The van der Waals surface area contributed by atoms with E-state index < -0.39 is 0 Å². The number of rotatable bonds is 2. The van der Waals surface area contributed by atoms with Crippen LogP contribution in [0.25, 0.3) is 0 Å². The predicted molar refractivity (Wildman–Crippen MR) is 65.3 cm³/mol. The Labute approximate surface area is 93.9 Å². The molecule has 0 spiro atoms. The van der Waals surface area contributed by atoms with E-state index in [1.807, 2.05) is 24.3 Å². The first-order valence-corrected chi connectivity index (χ1v) is 5.04. The van der Waals surface area contributed by atoms with Crippen LogP contribution in [0.1, 0.15) is 5.56 Å². The maximum absolute atomic E-state index is 13.0. The molecule has 0 aliphatic carbocycles. The molecule has 16 heavy (non-hydrogen) atoms. The minimum absolute atomic E-state index is 0.192. The molecule has 82 valence electrons. The number of halogens is 1. The number of aryl methyl sites for hydroxylation is 1. The highest BCUT2D eigenvalue weighted by Gasteiger charge is 1.99. The van der Waals surface area contributed by atoms with Crippen molar-refractivity contribution in [2.45, 2.75) is 6.92 Å². The smallest absolute Gasteiger partial charge is 0.126 e. The fourth-order valence-electron chi connectivity index (χ4n) is 1.46. The molecule has 0 heterocycles. The van der Waals surface area contributed by atoms with E-state index in [4.69, 9.17) is 5.73 Å². The number of hydrogen-bond donors (Lipinski definition) is 2. The summed E-state index contributed by atoms with van der Waals surface area (Å²) in [5, 5.41) is 3.18. The van der Waals surface area contributed by atoms with Crippen molar-refractivity contribution in [1.82, 2.24) is 0 Å². The predicted octanol–water partition coefficient (Wildman–Crippen LogP) is 3.46. The molecule has 0 saturated carbocycles. The lowest BCUT2D eigenvalue weighted by atomic mass is 10.2. The fourth-order valence-corrected chi connectivity index (χ4v) is 1.46. The number of nitrogens with two attached hydrogens (primary N) is 1. The van der Waals surface area contributed by atoms with Gasteiger partial charge in [-0.2, -0.15) is 0 Å². The highest BCUT2D eigenvalue weighted by atomic mass is 19.1. The lowest BCUT2D eigenvalue weighted by Crippen LogP contribution is -1.92. The summed E-state index contributed by atoms with van der Waals surface area (Å²) in [4.78, 5) is 0. The van der Waals surface area contributed by atoms with E-state index in [-0.39, 0.29) is 5.82 Å². The zero-order valence-corrected chi connectivity index (χ0v) is 9.00. The normalized spacial score (nSPS) is 10.1. The van der Waals surface area contributed by atoms with Crippen LogP contribution in [0, 0.1) is 12.7 Å². The Morgan fingerprint density at radius 2 is 1.62 bits per heavy atom. The van der Waals surface area contributed by atoms with Crippen LogP contribution in [0.4, 0.5) is 21.5 Å². The highest BCUT2D eigenvalue weighted by molar-refractivity contribution is 5.62. The second-order valence-corrected chi connectivity index (χ2v) is 3.71. The quantitative estimate of drug-likeness (QED) is 0.754. The van der Waals surface area contributed by atoms with Gasteiger partial charge in [-0.25, -0.2) is 4.39 Å². The van der Waals surface area contributed by atoms with Crippen molar-refractivity contribution in [2.24, 2.45) is 0 Å². The number of hydrogen-bond acceptors (Lipinski definition) is 2. The molecule has 0 aliphatic rings. The molecule has 2 rings (SSSR count). The van der Waals surface area contributed by atoms with Crippen molar-refractivity contribution in [3.63, 3.8) is 0 Å². The van der Waals surface area contributed by atoms with E-state index >= 15 is 0 Å². The summed E-state index contributed by atoms with van der Waals surface area (Å²) in [6.07, 6.45) is 0. The molecular weight excluding hydrogens is 203 g/mol. The van der Waals surface area contributed by atoms with Crippen LogP contribution < -0.4 is 11.1 Å². The van der Waals surface area contributed by atoms with Crippen molar-refractivity contribution in [3.8, 4) is 0 Å². The number of anilines is 3. The maximum Gasteiger partial charge on any atom is 0.126 e. The molecule has 0 saturated heterocycles. The van der Waals surface area contributed by atoms with Crippen LogP contribution in [0.15, 0.2) is 42.5 Å². The first-order valence-electron chi connectivity index (χ1n) is 5.04. The van der Waals surface area contributed by atoms with Gasteiger partial charge in [0.2, 0.25) is 0 Å². The molecule has 3 heteroatoms. The van der Waals surface area contributed by atoms with Crippen molar-refractivity contribution < 1.29 is 4.39 Å². The molecule has 3 N–H and O–H groups in total. The topological polar surface area (TPSA) is 38.0 Å². The minimum atomic E-state index is -0.192. The summed E-state index contributed by atoms with van der Waals surface area (Å²) >= 11 is 0. The molecule has 2 nitrogen and oxygen atoms in total. The second-order valence-electron chi connectivity index (χ2n) is 3.71. The van der Waals surface area contributed by atoms with E-state index in [1.165, 1.54) is 6.07 Å². The van der Waals surface area contributed by atoms with Crippen molar-refractivity contribution in [3.05, 3.63) is 53.8 Å². The first kappa shape index (κ1) is 10.5. The molecule has 0 bridgehead atoms. The van der Waals surface area contributed by atoms with E-state index in [0.717, 1.165) is 17.1 Å². The fraction of sp³-hybridized carbons (Fsp3) is 0.0769. The number of benzene rings is 2. The van der Waals surface area contributed by atoms with Gasteiger partial charge in [0.25, 0.3) is 0 Å². The monoisotopic (exact) mass is 216 g/mol. The van der Waals surface area contributed by atoms with Crippen molar-refractivity contribution >= 4 is 17.1 Å². The van der Waals surface area contributed by atoms with Gasteiger partial charge >= 0.3 is 0 Å². The van der Waals surface area contributed by atoms with Crippen LogP contribution >= 0.6 is 0 Å². The second kappa shape index (κ2) is 4.23. The van der Waals surface area contributed by atoms with Gasteiger partial charge in [-0.05, 0) is 55.0 Å². The Bertz CT molecular complexity index is 492. The van der Waals surface area contributed by atoms with Gasteiger partial charge in [0.15, 0.2) is 0 Å². The summed E-state index contributed by atoms with van der Waals surface area (Å²) in [5.41, 5.74) is 8.73. The largest absolute Gasteiger partial charge is 0.399 e. The van der Waals surface area contributed by atoms with Gasteiger partial charge < -0.3 is 11.1 Å². The van der Waals surface area contributed by atoms with Crippen LogP contribution in [-0.2, 0) is 0 Å². The first-order chi connectivity index (χ1) is 7.65. The maximum atomic E-state index is 13.0. The summed E-state index contributed by atoms with van der Waals surface area (Å²) in [7, 11) is 0. The molecule has 0 radical (unpaired) electrons. The molecule has 0 fully saturated rings. The SMILES string of the molecule is Cc1cc(Nc2ccc(N)cc2)ccc1F. The Balaban J connectivity index is 2.20. The lowest BCUT2D eigenvalue weighted by Gasteiger charge is -2.07. The molecule has 0 aromatic heterocycles. The van der Waals surface area contributed by atoms with Crippen LogP contribution in [0.3, 0.4) is 0 Å². The van der Waals surface area contributed by atoms with Gasteiger partial charge in [-0.3, -0.25) is 0 Å². The highest BCUT2D eigenvalue weighted by Crippen LogP contribution is 2.19. The minimum Gasteiger partial charge on any atom is -0.399 e. The standard InChI is InChI=1S/C13H13FN2/c1-9-8-12(6-7-13(9)14)16-11-4-2-10(15)3-5-11/h2-8,16H,15H2,1H3. The van der Waals surface area contributed by atoms with Gasteiger partial charge in [0, 0.05) is 17.1 Å². The zero-order chi connectivity index (χ0) is 11.5. The third-order valence-electron chi connectivity index (χ3n) is 2.36. The number of nitrogens with one attached hydrogen (secondary N) is 1. The van der Waals surface area contributed by atoms with Gasteiger partial charge in [-0.1, -0.05) is 0 Å². The van der Waals surface area contributed by atoms with Gasteiger partial charge in [-0.15, -0.1) is 0 Å². The van der Waals surface area contributed by atoms with Crippen LogP contribution in [-0.4, -0.2) is 0 Å². The molecule has 0 atom stereocenters. The summed E-state index contributed by atoms with van der Waals surface area (Å²) < 4.78 is 13.0. The Morgan fingerprint density at radius 1 is 1.00 bits per heavy atom. The van der Waals surface area contributed by atoms with Crippen LogP contribution in [0.5, 0.6) is 0 Å². The van der Waals surface area contributed by atoms with E-state index in [0.29, 0.717) is 5.56 Å². The molecule has 0 unspecified atom stereocenters. The summed E-state index contributed by atoms with van der Waals surface area (Å²) in [6, 6.07) is 12.3. The molecule has 0 aliphatic heterocycles. The van der Waals surface area contributed by atoms with Crippen molar-refractivity contribution in [2.75, 3.05) is 11.1 Å². The Kier molecular flexibility index (Phi) is 2.77. The molecular formula is C13H13FN2. The van der Waals surface area contributed by atoms with Crippen molar-refractivity contribution in [1.29, 1.82) is 0 Å². The molecule has 0 amide bonds.